The predicted molar refractivity (Wildman–Crippen MR) is 169 cm³/mol. The van der Waals surface area contributed by atoms with Crippen LogP contribution in [-0.4, -0.2) is 71.7 Å². The molecule has 7 rings (SSSR count). The molecule has 0 aromatic heterocycles. The van der Waals surface area contributed by atoms with Crippen LogP contribution >= 0.6 is 0 Å². The van der Waals surface area contributed by atoms with Gasteiger partial charge in [0.2, 0.25) is 11.8 Å². The van der Waals surface area contributed by atoms with E-state index in [-0.39, 0.29) is 24.3 Å². The van der Waals surface area contributed by atoms with Crippen LogP contribution in [-0.2, 0) is 19.1 Å². The molecule has 2 fully saturated rings. The molecule has 1 N–H and O–H groups in total. The van der Waals surface area contributed by atoms with E-state index in [0.717, 1.165) is 35.0 Å². The quantitative estimate of drug-likeness (QED) is 0.308. The first-order valence-electron chi connectivity index (χ1n) is 15.6. The average Bonchev–Trinajstić information content (AvgIpc) is 3.35. The van der Waals surface area contributed by atoms with Crippen molar-refractivity contribution in [1.82, 2.24) is 4.90 Å². The molecule has 3 aromatic carbocycles. The average molecular weight is 592 g/mol. The van der Waals surface area contributed by atoms with Crippen molar-refractivity contribution in [2.45, 2.75) is 43.4 Å². The number of hydrogen-bond acceptors (Lipinski definition) is 5. The van der Waals surface area contributed by atoms with E-state index in [1.165, 1.54) is 0 Å². The second-order valence-corrected chi connectivity index (χ2v) is 12.1. The number of fused-ring (bicyclic) bond motifs is 3. The molecule has 0 radical (unpaired) electrons. The van der Waals surface area contributed by atoms with Crippen LogP contribution in [0.1, 0.15) is 25.7 Å². The second kappa shape index (κ2) is 11.7. The van der Waals surface area contributed by atoms with Crippen LogP contribution in [0.25, 0.3) is 10.8 Å². The number of aliphatic hydroxyl groups excluding tert-OH is 1. The van der Waals surface area contributed by atoms with E-state index in [1.54, 1.807) is 14.7 Å². The lowest BCUT2D eigenvalue weighted by Crippen LogP contribution is -2.55. The smallest absolute Gasteiger partial charge is 0.253 e. The Morgan fingerprint density at radius 1 is 0.750 bits per heavy atom. The van der Waals surface area contributed by atoms with Gasteiger partial charge in [0.1, 0.15) is 11.6 Å². The van der Waals surface area contributed by atoms with Crippen LogP contribution in [0.15, 0.2) is 97.1 Å². The zero-order valence-corrected chi connectivity index (χ0v) is 24.6. The van der Waals surface area contributed by atoms with Gasteiger partial charge in [-0.25, -0.2) is 0 Å². The van der Waals surface area contributed by atoms with Gasteiger partial charge in [0.25, 0.3) is 5.91 Å². The highest BCUT2D eigenvalue weighted by atomic mass is 16.5. The van der Waals surface area contributed by atoms with Crippen LogP contribution in [0.4, 0.5) is 11.4 Å². The van der Waals surface area contributed by atoms with E-state index >= 15 is 0 Å². The number of benzene rings is 3. The highest BCUT2D eigenvalue weighted by Crippen LogP contribution is 2.54. The highest BCUT2D eigenvalue weighted by molar-refractivity contribution is 6.08. The molecule has 8 nitrogen and oxygen atoms in total. The Bertz CT molecular complexity index is 1640. The predicted octanol–water partition coefficient (Wildman–Crippen LogP) is 4.48. The summed E-state index contributed by atoms with van der Waals surface area (Å²) in [4.78, 5) is 48.6. The number of likely N-dealkylation sites (tertiary alicyclic amines) is 1. The molecule has 5 atom stereocenters. The van der Waals surface area contributed by atoms with E-state index < -0.39 is 29.6 Å². The van der Waals surface area contributed by atoms with Gasteiger partial charge >= 0.3 is 0 Å². The summed E-state index contributed by atoms with van der Waals surface area (Å²) in [7, 11) is 0. The number of hydrogen-bond donors (Lipinski definition) is 1. The Labute approximate surface area is 257 Å². The van der Waals surface area contributed by atoms with Crippen LogP contribution in [0.2, 0.25) is 0 Å². The molecule has 44 heavy (non-hydrogen) atoms. The fourth-order valence-corrected chi connectivity index (χ4v) is 7.54. The molecule has 8 heteroatoms. The normalized spacial score (nSPS) is 27.8. The summed E-state index contributed by atoms with van der Waals surface area (Å²) < 4.78 is 6.80. The van der Waals surface area contributed by atoms with Crippen molar-refractivity contribution in [3.8, 4) is 0 Å². The van der Waals surface area contributed by atoms with Gasteiger partial charge in [0, 0.05) is 37.6 Å². The number of unbranched alkanes of at least 4 members (excludes halogenated alkanes) is 3. The number of amides is 3. The van der Waals surface area contributed by atoms with Gasteiger partial charge in [0.15, 0.2) is 0 Å². The SMILES string of the molecule is O=C1C2N(CCCCCCO)C(=O)[C@@H]3[C@H]4C(=O)N(c5ccccc5)CC=C[C@H]4O[C@]23C=CCN1c1ccc2ccccc2c1. The summed E-state index contributed by atoms with van der Waals surface area (Å²) >= 11 is 0. The molecular formula is C36H37N3O5. The van der Waals surface area contributed by atoms with Crippen LogP contribution < -0.4 is 9.80 Å². The Hall–Kier alpha value is -4.27. The van der Waals surface area contributed by atoms with Gasteiger partial charge in [-0.2, -0.15) is 0 Å². The Balaban J connectivity index is 1.27. The van der Waals surface area contributed by atoms with Gasteiger partial charge in [-0.1, -0.05) is 85.7 Å². The van der Waals surface area contributed by atoms with Crippen molar-refractivity contribution in [2.75, 3.05) is 36.0 Å². The van der Waals surface area contributed by atoms with Gasteiger partial charge in [-0.05, 0) is 47.9 Å². The molecule has 4 aliphatic rings. The summed E-state index contributed by atoms with van der Waals surface area (Å²) in [6.45, 7) is 1.23. The molecule has 1 unspecified atom stereocenters. The standard InChI is InChI=1S/C36H37N3O5/c40-23-9-2-1-8-20-39-32-35(43)38(28-18-17-25-12-6-7-13-26(25)24-28)22-11-19-36(32)31(34(39)42)30-29(44-36)16-10-21-37(33(30)41)27-14-4-3-5-15-27/h3-7,10-19,24,29-32,40H,1-2,8-9,20-23H2/t29-,30+,31+,32?,36+/m1/s1. The van der Waals surface area contributed by atoms with Gasteiger partial charge in [-0.3, -0.25) is 14.4 Å². The number of aliphatic hydroxyl groups is 1. The van der Waals surface area contributed by atoms with E-state index in [9.17, 15) is 19.5 Å². The lowest BCUT2D eigenvalue weighted by Gasteiger charge is -2.35. The Morgan fingerprint density at radius 3 is 2.30 bits per heavy atom. The fourth-order valence-electron chi connectivity index (χ4n) is 7.54. The number of carbonyl (C=O) groups is 3. The molecule has 3 aromatic rings. The lowest BCUT2D eigenvalue weighted by atomic mass is 9.77. The lowest BCUT2D eigenvalue weighted by molar-refractivity contribution is -0.140. The molecule has 0 aliphatic carbocycles. The molecule has 0 bridgehead atoms. The van der Waals surface area contributed by atoms with Crippen molar-refractivity contribution in [3.63, 3.8) is 0 Å². The van der Waals surface area contributed by atoms with Crippen LogP contribution in [0.3, 0.4) is 0 Å². The maximum atomic E-state index is 14.7. The van der Waals surface area contributed by atoms with E-state index in [0.29, 0.717) is 32.5 Å². The third kappa shape index (κ3) is 4.64. The molecule has 4 aliphatic heterocycles. The first-order valence-corrected chi connectivity index (χ1v) is 15.6. The Morgan fingerprint density at radius 2 is 1.48 bits per heavy atom. The maximum absolute atomic E-state index is 14.7. The molecule has 1 spiro atoms. The molecular weight excluding hydrogens is 554 g/mol. The molecule has 3 amide bonds. The molecule has 0 saturated carbocycles. The van der Waals surface area contributed by atoms with E-state index in [4.69, 9.17) is 4.74 Å². The summed E-state index contributed by atoms with van der Waals surface area (Å²) in [6.07, 6.45) is 10.1. The summed E-state index contributed by atoms with van der Waals surface area (Å²) in [5.74, 6) is -2.16. The van der Waals surface area contributed by atoms with Gasteiger partial charge in [0.05, 0.1) is 17.9 Å². The number of ether oxygens (including phenoxy) is 1. The van der Waals surface area contributed by atoms with Crippen molar-refractivity contribution < 1.29 is 24.2 Å². The largest absolute Gasteiger partial charge is 0.396 e. The minimum absolute atomic E-state index is 0.130. The molecule has 4 heterocycles. The van der Waals surface area contributed by atoms with E-state index in [1.807, 2.05) is 97.1 Å². The number of nitrogens with zero attached hydrogens (tertiary/aromatic N) is 3. The zero-order chi connectivity index (χ0) is 30.3. The van der Waals surface area contributed by atoms with Crippen molar-refractivity contribution in [1.29, 1.82) is 0 Å². The fraction of sp³-hybridized carbons (Fsp3) is 0.361. The monoisotopic (exact) mass is 591 g/mol. The molecule has 2 saturated heterocycles. The van der Waals surface area contributed by atoms with Crippen molar-refractivity contribution in [2.24, 2.45) is 11.8 Å². The number of para-hydroxylation sites is 1. The topological polar surface area (TPSA) is 90.4 Å². The number of carbonyl (C=O) groups excluding carboxylic acids is 3. The van der Waals surface area contributed by atoms with Gasteiger partial charge < -0.3 is 24.5 Å². The summed E-state index contributed by atoms with van der Waals surface area (Å²) in [5, 5.41) is 11.3. The highest BCUT2D eigenvalue weighted by Gasteiger charge is 2.71. The van der Waals surface area contributed by atoms with Crippen LogP contribution in [0.5, 0.6) is 0 Å². The number of rotatable bonds is 8. The summed E-state index contributed by atoms with van der Waals surface area (Å²) in [5.41, 5.74) is 0.258. The second-order valence-electron chi connectivity index (χ2n) is 12.1. The first kappa shape index (κ1) is 28.5. The van der Waals surface area contributed by atoms with Crippen molar-refractivity contribution >= 4 is 39.9 Å². The third-order valence-electron chi connectivity index (χ3n) is 9.58. The minimum Gasteiger partial charge on any atom is -0.396 e. The molecule has 226 valence electrons. The van der Waals surface area contributed by atoms with E-state index in [2.05, 4.69) is 0 Å². The maximum Gasteiger partial charge on any atom is 0.253 e. The third-order valence-corrected chi connectivity index (χ3v) is 9.58. The zero-order valence-electron chi connectivity index (χ0n) is 24.6. The van der Waals surface area contributed by atoms with Gasteiger partial charge in [-0.15, -0.1) is 0 Å². The number of anilines is 2. The van der Waals surface area contributed by atoms with Crippen LogP contribution in [0, 0.1) is 11.8 Å². The minimum atomic E-state index is -1.26. The Kier molecular flexibility index (Phi) is 7.56. The summed E-state index contributed by atoms with van der Waals surface area (Å²) in [6, 6.07) is 22.6. The van der Waals surface area contributed by atoms with Crippen molar-refractivity contribution in [3.05, 3.63) is 97.1 Å². The first-order chi connectivity index (χ1) is 21.5.